The van der Waals surface area contributed by atoms with Crippen LogP contribution in [0.1, 0.15) is 11.3 Å². The number of nitriles is 1. The van der Waals surface area contributed by atoms with Gasteiger partial charge < -0.3 is 4.74 Å². The van der Waals surface area contributed by atoms with Crippen LogP contribution < -0.4 is 9.30 Å². The summed E-state index contributed by atoms with van der Waals surface area (Å²) in [5.41, 5.74) is 1.70. The van der Waals surface area contributed by atoms with E-state index >= 15 is 0 Å². The van der Waals surface area contributed by atoms with Crippen LogP contribution in [0.4, 0.5) is 0 Å². The van der Waals surface area contributed by atoms with Crippen molar-refractivity contribution in [3.8, 4) is 11.8 Å². The molecule has 0 fully saturated rings. The maximum atomic E-state index is 9.02. The molecule has 0 aliphatic carbocycles. The molecule has 3 nitrogen and oxygen atoms in total. The molecule has 0 saturated carbocycles. The van der Waals surface area contributed by atoms with E-state index < -0.39 is 0 Å². The van der Waals surface area contributed by atoms with E-state index in [1.165, 1.54) is 0 Å². The summed E-state index contributed by atoms with van der Waals surface area (Å²) in [6.07, 6.45) is 1.89. The summed E-state index contributed by atoms with van der Waals surface area (Å²) in [6.45, 7) is 0.633. The van der Waals surface area contributed by atoms with Crippen molar-refractivity contribution in [3.05, 3.63) is 59.9 Å². The molecule has 0 atom stereocenters. The van der Waals surface area contributed by atoms with Crippen LogP contribution in [0.3, 0.4) is 0 Å². The van der Waals surface area contributed by atoms with Crippen molar-refractivity contribution in [3.63, 3.8) is 0 Å². The summed E-state index contributed by atoms with van der Waals surface area (Å²) >= 11 is 0. The van der Waals surface area contributed by atoms with Gasteiger partial charge in [0.15, 0.2) is 18.8 Å². The summed E-state index contributed by atoms with van der Waals surface area (Å²) in [5.74, 6) is 0.841. The van der Waals surface area contributed by atoms with Crippen LogP contribution in [0, 0.1) is 11.3 Å². The van der Waals surface area contributed by atoms with Crippen molar-refractivity contribution in [2.75, 3.05) is 7.11 Å². The number of rotatable bonds is 3. The van der Waals surface area contributed by atoms with Crippen LogP contribution in [0.25, 0.3) is 0 Å². The van der Waals surface area contributed by atoms with Gasteiger partial charge in [-0.15, -0.1) is 0 Å². The highest BCUT2D eigenvalue weighted by Crippen LogP contribution is 2.16. The predicted octanol–water partition coefficient (Wildman–Crippen LogP) is 1.90. The van der Waals surface area contributed by atoms with Gasteiger partial charge in [-0.25, -0.2) is 0 Å². The van der Waals surface area contributed by atoms with Gasteiger partial charge >= 0.3 is 0 Å². The lowest BCUT2D eigenvalue weighted by molar-refractivity contribution is -0.690. The van der Waals surface area contributed by atoms with Gasteiger partial charge in [-0.05, 0) is 18.2 Å². The molecule has 2 aromatic rings. The Morgan fingerprint density at radius 2 is 1.94 bits per heavy atom. The average molecular weight is 225 g/mol. The third kappa shape index (κ3) is 2.43. The number of ether oxygens (including phenoxy) is 1. The molecule has 1 aromatic heterocycles. The molecule has 0 bridgehead atoms. The van der Waals surface area contributed by atoms with Crippen LogP contribution >= 0.6 is 0 Å². The van der Waals surface area contributed by atoms with Crippen molar-refractivity contribution in [1.82, 2.24) is 0 Å². The van der Waals surface area contributed by atoms with Gasteiger partial charge in [0.2, 0.25) is 0 Å². The largest absolute Gasteiger partial charge is 0.496 e. The number of hydrogen-bond acceptors (Lipinski definition) is 2. The molecule has 0 aliphatic rings. The lowest BCUT2D eigenvalue weighted by atomic mass is 10.2. The number of benzene rings is 1. The first-order valence-electron chi connectivity index (χ1n) is 5.35. The Morgan fingerprint density at radius 1 is 1.18 bits per heavy atom. The molecule has 3 heteroatoms. The Morgan fingerprint density at radius 3 is 2.71 bits per heavy atom. The van der Waals surface area contributed by atoms with Gasteiger partial charge in [-0.3, -0.25) is 0 Å². The Bertz CT molecular complexity index is 558. The third-order valence-electron chi connectivity index (χ3n) is 2.59. The molecule has 17 heavy (non-hydrogen) atoms. The summed E-state index contributed by atoms with van der Waals surface area (Å²) in [7, 11) is 1.65. The summed E-state index contributed by atoms with van der Waals surface area (Å²) in [6, 6.07) is 15.6. The van der Waals surface area contributed by atoms with Crippen LogP contribution in [-0.4, -0.2) is 7.11 Å². The van der Waals surface area contributed by atoms with E-state index in [2.05, 4.69) is 6.07 Å². The second-order valence-corrected chi connectivity index (χ2v) is 3.64. The first-order valence-corrected chi connectivity index (χ1v) is 5.35. The molecular formula is C14H13N2O+. The number of hydrogen-bond donors (Lipinski definition) is 0. The number of methoxy groups -OCH3 is 1. The minimum absolute atomic E-state index is 0.633. The van der Waals surface area contributed by atoms with E-state index in [9.17, 15) is 0 Å². The Kier molecular flexibility index (Phi) is 3.37. The fourth-order valence-corrected chi connectivity index (χ4v) is 1.73. The lowest BCUT2D eigenvalue weighted by Gasteiger charge is -2.05. The van der Waals surface area contributed by atoms with Gasteiger partial charge in [0.05, 0.1) is 12.7 Å². The third-order valence-corrected chi connectivity index (χ3v) is 2.59. The van der Waals surface area contributed by atoms with Crippen molar-refractivity contribution in [2.24, 2.45) is 0 Å². The van der Waals surface area contributed by atoms with Crippen molar-refractivity contribution in [2.45, 2.75) is 6.54 Å². The van der Waals surface area contributed by atoms with Gasteiger partial charge in [0.1, 0.15) is 5.75 Å². The van der Waals surface area contributed by atoms with E-state index in [0.717, 1.165) is 11.3 Å². The van der Waals surface area contributed by atoms with E-state index in [0.29, 0.717) is 12.2 Å². The van der Waals surface area contributed by atoms with Crippen LogP contribution in [0.15, 0.2) is 48.7 Å². The highest BCUT2D eigenvalue weighted by atomic mass is 16.5. The van der Waals surface area contributed by atoms with Crippen molar-refractivity contribution < 1.29 is 9.30 Å². The topological polar surface area (TPSA) is 36.9 Å². The zero-order valence-corrected chi connectivity index (χ0v) is 9.63. The zero-order valence-electron chi connectivity index (χ0n) is 9.63. The van der Waals surface area contributed by atoms with Gasteiger partial charge in [-0.1, -0.05) is 12.1 Å². The Balaban J connectivity index is 2.35. The van der Waals surface area contributed by atoms with Crippen molar-refractivity contribution in [1.29, 1.82) is 5.26 Å². The minimum Gasteiger partial charge on any atom is -0.496 e. The number of nitrogens with zero attached hydrogens (tertiary/aromatic N) is 2. The number of pyridine rings is 1. The van der Waals surface area contributed by atoms with Gasteiger partial charge in [-0.2, -0.15) is 9.83 Å². The SMILES string of the molecule is COc1ccccc1C[n+]1ccccc1C#N. The fourth-order valence-electron chi connectivity index (χ4n) is 1.73. The monoisotopic (exact) mass is 225 g/mol. The second kappa shape index (κ2) is 5.13. The molecule has 0 aliphatic heterocycles. The molecule has 0 N–H and O–H groups in total. The smallest absolute Gasteiger partial charge is 0.283 e. The molecule has 2 rings (SSSR count). The van der Waals surface area contributed by atoms with E-state index in [4.69, 9.17) is 10.00 Å². The maximum absolute atomic E-state index is 9.02. The first-order chi connectivity index (χ1) is 8.35. The molecule has 0 unspecified atom stereocenters. The number of para-hydroxylation sites is 1. The van der Waals surface area contributed by atoms with Gasteiger partial charge in [0.25, 0.3) is 5.69 Å². The molecule has 84 valence electrons. The van der Waals surface area contributed by atoms with E-state index in [1.54, 1.807) is 13.2 Å². The highest BCUT2D eigenvalue weighted by molar-refractivity contribution is 5.32. The molecule has 0 radical (unpaired) electrons. The van der Waals surface area contributed by atoms with Gasteiger partial charge in [0, 0.05) is 12.1 Å². The Labute approximate surface area is 101 Å². The van der Waals surface area contributed by atoms with Crippen LogP contribution in [-0.2, 0) is 6.54 Å². The summed E-state index contributed by atoms with van der Waals surface area (Å²) in [4.78, 5) is 0. The summed E-state index contributed by atoms with van der Waals surface area (Å²) in [5, 5.41) is 9.02. The lowest BCUT2D eigenvalue weighted by Crippen LogP contribution is -2.37. The summed E-state index contributed by atoms with van der Waals surface area (Å²) < 4.78 is 7.20. The molecule has 0 saturated heterocycles. The average Bonchev–Trinajstić information content (AvgIpc) is 2.40. The normalized spacial score (nSPS) is 9.65. The molecule has 1 heterocycles. The Hall–Kier alpha value is -2.34. The fraction of sp³-hybridized carbons (Fsp3) is 0.143. The molecule has 1 aromatic carbocycles. The predicted molar refractivity (Wildman–Crippen MR) is 63.4 cm³/mol. The van der Waals surface area contributed by atoms with E-state index in [1.807, 2.05) is 47.2 Å². The standard InChI is InChI=1S/C14H13N2O/c1-17-14-8-3-2-6-12(14)11-16-9-5-4-7-13(16)10-15/h2-9H,11H2,1H3/q+1. The highest BCUT2D eigenvalue weighted by Gasteiger charge is 2.12. The number of aromatic nitrogens is 1. The second-order valence-electron chi connectivity index (χ2n) is 3.64. The first kappa shape index (κ1) is 11.2. The minimum atomic E-state index is 0.633. The van der Waals surface area contributed by atoms with Crippen LogP contribution in [0.2, 0.25) is 0 Å². The van der Waals surface area contributed by atoms with Crippen molar-refractivity contribution >= 4 is 0 Å². The molecular weight excluding hydrogens is 212 g/mol. The quantitative estimate of drug-likeness (QED) is 0.748. The molecule has 0 spiro atoms. The van der Waals surface area contributed by atoms with E-state index in [-0.39, 0.29) is 0 Å². The maximum Gasteiger partial charge on any atom is 0.283 e. The molecule has 0 amide bonds. The van der Waals surface area contributed by atoms with Crippen LogP contribution in [0.5, 0.6) is 5.75 Å². The zero-order chi connectivity index (χ0) is 12.1.